The zero-order chi connectivity index (χ0) is 13.8. The van der Waals surface area contributed by atoms with Gasteiger partial charge in [0.1, 0.15) is 0 Å². The van der Waals surface area contributed by atoms with Crippen molar-refractivity contribution in [1.82, 2.24) is 9.80 Å². The summed E-state index contributed by atoms with van der Waals surface area (Å²) in [5.41, 5.74) is 2.49. The third-order valence-corrected chi connectivity index (χ3v) is 3.44. The molecule has 1 amide bonds. The van der Waals surface area contributed by atoms with Gasteiger partial charge >= 0.3 is 0 Å². The van der Waals surface area contributed by atoms with Crippen LogP contribution in [0, 0.1) is 5.92 Å². The van der Waals surface area contributed by atoms with Gasteiger partial charge in [0.25, 0.3) is 0 Å². The van der Waals surface area contributed by atoms with E-state index < -0.39 is 0 Å². The highest BCUT2D eigenvalue weighted by molar-refractivity contribution is 5.79. The first-order valence-corrected chi connectivity index (χ1v) is 6.71. The molecule has 0 aromatic heterocycles. The number of rotatable bonds is 5. The molecule has 0 aliphatic carbocycles. The van der Waals surface area contributed by atoms with Crippen molar-refractivity contribution in [1.29, 1.82) is 0 Å². The first-order valence-electron chi connectivity index (χ1n) is 6.71. The summed E-state index contributed by atoms with van der Waals surface area (Å²) in [6.45, 7) is 6.23. The first-order chi connectivity index (χ1) is 9.08. The number of amides is 1. The molecular weight excluding hydrogens is 236 g/mol. The smallest absolute Gasteiger partial charge is 0.223 e. The van der Waals surface area contributed by atoms with Crippen LogP contribution < -0.4 is 0 Å². The fourth-order valence-corrected chi connectivity index (χ4v) is 2.53. The molecule has 2 rings (SSSR count). The normalized spacial score (nSPS) is 19.2. The Kier molecular flexibility index (Phi) is 4.38. The lowest BCUT2D eigenvalue weighted by molar-refractivity contribution is -0.128. The average molecular weight is 258 g/mol. The standard InChI is InChI=1S/C16H22N2O/c1-4-13-9-16(19)18(11-13)12-15-7-5-6-14(8-15)10-17(2)3/h4-8,13H,1,9-12H2,2-3H3. The Morgan fingerprint density at radius 3 is 2.79 bits per heavy atom. The highest BCUT2D eigenvalue weighted by Gasteiger charge is 2.27. The molecule has 1 atom stereocenters. The van der Waals surface area contributed by atoms with Crippen LogP contribution in [0.25, 0.3) is 0 Å². The van der Waals surface area contributed by atoms with E-state index in [9.17, 15) is 4.79 Å². The molecule has 102 valence electrons. The zero-order valence-electron chi connectivity index (χ0n) is 11.8. The molecule has 0 radical (unpaired) electrons. The summed E-state index contributed by atoms with van der Waals surface area (Å²) in [5.74, 6) is 0.556. The first kappa shape index (κ1) is 13.8. The molecular formula is C16H22N2O. The van der Waals surface area contributed by atoms with E-state index in [4.69, 9.17) is 0 Å². The van der Waals surface area contributed by atoms with Crippen LogP contribution in [0.15, 0.2) is 36.9 Å². The summed E-state index contributed by atoms with van der Waals surface area (Å²) in [6, 6.07) is 8.48. The van der Waals surface area contributed by atoms with Gasteiger partial charge in [0, 0.05) is 32.0 Å². The summed E-state index contributed by atoms with van der Waals surface area (Å²) in [4.78, 5) is 16.0. The monoisotopic (exact) mass is 258 g/mol. The van der Waals surface area contributed by atoms with E-state index in [-0.39, 0.29) is 5.91 Å². The number of carbonyl (C=O) groups excluding carboxylic acids is 1. The van der Waals surface area contributed by atoms with Crippen molar-refractivity contribution in [3.05, 3.63) is 48.0 Å². The van der Waals surface area contributed by atoms with Gasteiger partial charge in [-0.05, 0) is 25.2 Å². The van der Waals surface area contributed by atoms with Crippen molar-refractivity contribution < 1.29 is 4.79 Å². The Bertz CT molecular complexity index is 468. The van der Waals surface area contributed by atoms with Gasteiger partial charge in [-0.25, -0.2) is 0 Å². The highest BCUT2D eigenvalue weighted by atomic mass is 16.2. The second-order valence-corrected chi connectivity index (χ2v) is 5.53. The molecule has 0 saturated carbocycles. The van der Waals surface area contributed by atoms with E-state index in [1.807, 2.05) is 11.0 Å². The topological polar surface area (TPSA) is 23.6 Å². The maximum atomic E-state index is 11.9. The van der Waals surface area contributed by atoms with Gasteiger partial charge < -0.3 is 9.80 Å². The molecule has 0 N–H and O–H groups in total. The molecule has 1 aliphatic rings. The van der Waals surface area contributed by atoms with E-state index in [2.05, 4.69) is 49.8 Å². The molecule has 1 heterocycles. The number of carbonyl (C=O) groups is 1. The molecule has 3 nitrogen and oxygen atoms in total. The Morgan fingerprint density at radius 1 is 1.42 bits per heavy atom. The number of hydrogen-bond donors (Lipinski definition) is 0. The van der Waals surface area contributed by atoms with E-state index in [1.54, 1.807) is 0 Å². The number of benzene rings is 1. The van der Waals surface area contributed by atoms with Crippen LogP contribution >= 0.6 is 0 Å². The summed E-state index contributed by atoms with van der Waals surface area (Å²) >= 11 is 0. The number of nitrogens with zero attached hydrogens (tertiary/aromatic N) is 2. The van der Waals surface area contributed by atoms with Crippen LogP contribution in [-0.4, -0.2) is 36.3 Å². The van der Waals surface area contributed by atoms with Crippen LogP contribution in [0.4, 0.5) is 0 Å². The molecule has 1 saturated heterocycles. The molecule has 0 bridgehead atoms. The van der Waals surface area contributed by atoms with Gasteiger partial charge in [0.05, 0.1) is 0 Å². The van der Waals surface area contributed by atoms with Gasteiger partial charge in [-0.3, -0.25) is 4.79 Å². The minimum atomic E-state index is 0.239. The molecule has 3 heteroatoms. The Balaban J connectivity index is 2.03. The lowest BCUT2D eigenvalue weighted by atomic mass is 10.1. The molecule has 1 unspecified atom stereocenters. The lowest BCUT2D eigenvalue weighted by Crippen LogP contribution is -2.24. The minimum Gasteiger partial charge on any atom is -0.338 e. The van der Waals surface area contributed by atoms with Crippen molar-refractivity contribution in [2.24, 2.45) is 5.92 Å². The minimum absolute atomic E-state index is 0.239. The van der Waals surface area contributed by atoms with Crippen LogP contribution in [0.2, 0.25) is 0 Å². The fraction of sp³-hybridized carbons (Fsp3) is 0.438. The third-order valence-electron chi connectivity index (χ3n) is 3.44. The van der Waals surface area contributed by atoms with E-state index in [0.29, 0.717) is 18.9 Å². The second kappa shape index (κ2) is 6.02. The maximum absolute atomic E-state index is 11.9. The average Bonchev–Trinajstić information content (AvgIpc) is 2.70. The predicted octanol–water partition coefficient (Wildman–Crippen LogP) is 2.28. The predicted molar refractivity (Wildman–Crippen MR) is 77.6 cm³/mol. The van der Waals surface area contributed by atoms with Crippen LogP contribution in [0.1, 0.15) is 17.5 Å². The van der Waals surface area contributed by atoms with Gasteiger partial charge in [-0.15, -0.1) is 6.58 Å². The van der Waals surface area contributed by atoms with Crippen molar-refractivity contribution in [2.45, 2.75) is 19.5 Å². The van der Waals surface area contributed by atoms with Crippen molar-refractivity contribution in [2.75, 3.05) is 20.6 Å². The highest BCUT2D eigenvalue weighted by Crippen LogP contribution is 2.21. The second-order valence-electron chi connectivity index (χ2n) is 5.53. The van der Waals surface area contributed by atoms with Gasteiger partial charge in [0.2, 0.25) is 5.91 Å². The van der Waals surface area contributed by atoms with Gasteiger partial charge in [-0.2, -0.15) is 0 Å². The summed E-state index contributed by atoms with van der Waals surface area (Å²) in [5, 5.41) is 0. The maximum Gasteiger partial charge on any atom is 0.223 e. The molecule has 0 spiro atoms. The van der Waals surface area contributed by atoms with Crippen LogP contribution in [0.5, 0.6) is 0 Å². The van der Waals surface area contributed by atoms with E-state index >= 15 is 0 Å². The molecule has 1 aliphatic heterocycles. The molecule has 1 aromatic rings. The summed E-state index contributed by atoms with van der Waals surface area (Å²) < 4.78 is 0. The molecule has 1 aromatic carbocycles. The number of likely N-dealkylation sites (tertiary alicyclic amines) is 1. The summed E-state index contributed by atoms with van der Waals surface area (Å²) in [6.07, 6.45) is 2.50. The fourth-order valence-electron chi connectivity index (χ4n) is 2.53. The lowest BCUT2D eigenvalue weighted by Gasteiger charge is -2.17. The third kappa shape index (κ3) is 3.67. The molecule has 19 heavy (non-hydrogen) atoms. The van der Waals surface area contributed by atoms with E-state index in [0.717, 1.165) is 13.1 Å². The van der Waals surface area contributed by atoms with Crippen molar-refractivity contribution >= 4 is 5.91 Å². The quantitative estimate of drug-likeness (QED) is 0.757. The zero-order valence-corrected chi connectivity index (χ0v) is 11.8. The van der Waals surface area contributed by atoms with E-state index in [1.165, 1.54) is 11.1 Å². The van der Waals surface area contributed by atoms with Gasteiger partial charge in [-0.1, -0.05) is 30.3 Å². The van der Waals surface area contributed by atoms with Gasteiger partial charge in [0.15, 0.2) is 0 Å². The van der Waals surface area contributed by atoms with Crippen molar-refractivity contribution in [3.63, 3.8) is 0 Å². The Hall–Kier alpha value is -1.61. The van der Waals surface area contributed by atoms with Crippen molar-refractivity contribution in [3.8, 4) is 0 Å². The SMILES string of the molecule is C=CC1CC(=O)N(Cc2cccc(CN(C)C)c2)C1. The number of hydrogen-bond acceptors (Lipinski definition) is 2. The summed E-state index contributed by atoms with van der Waals surface area (Å²) in [7, 11) is 4.12. The Labute approximate surface area is 115 Å². The van der Waals surface area contributed by atoms with Crippen LogP contribution in [0.3, 0.4) is 0 Å². The molecule has 1 fully saturated rings. The van der Waals surface area contributed by atoms with Crippen LogP contribution in [-0.2, 0) is 17.9 Å². The Morgan fingerprint density at radius 2 is 2.16 bits per heavy atom. The largest absolute Gasteiger partial charge is 0.338 e.